The Hall–Kier alpha value is -2.08. The summed E-state index contributed by atoms with van der Waals surface area (Å²) < 4.78 is 6.85. The lowest BCUT2D eigenvalue weighted by Crippen LogP contribution is -2.41. The van der Waals surface area contributed by atoms with Gasteiger partial charge in [0.05, 0.1) is 23.3 Å². The fraction of sp³-hybridized carbons (Fsp3) is 0.294. The van der Waals surface area contributed by atoms with Crippen LogP contribution in [0.2, 0.25) is 0 Å². The number of hydrogen-bond donors (Lipinski definition) is 2. The smallest absolute Gasteiger partial charge is 0.191 e. The predicted molar refractivity (Wildman–Crippen MR) is 96.7 cm³/mol. The average Bonchev–Trinajstić information content (AvgIpc) is 2.58. The molecular formula is C17H21BrN4O. The molecule has 1 heterocycles. The van der Waals surface area contributed by atoms with Gasteiger partial charge in [0, 0.05) is 13.2 Å². The van der Waals surface area contributed by atoms with E-state index in [0.29, 0.717) is 13.1 Å². The molecule has 0 bridgehead atoms. The second kappa shape index (κ2) is 9.15. The van der Waals surface area contributed by atoms with Crippen molar-refractivity contribution in [3.05, 3.63) is 58.8 Å². The Morgan fingerprint density at radius 2 is 2.00 bits per heavy atom. The number of aliphatic imine (C=N–C) groups is 1. The summed E-state index contributed by atoms with van der Waals surface area (Å²) in [7, 11) is 1.74. The second-order valence-corrected chi connectivity index (χ2v) is 5.84. The molecule has 5 nitrogen and oxygen atoms in total. The minimum Gasteiger partial charge on any atom is -0.488 e. The zero-order chi connectivity index (χ0) is 16.5. The maximum absolute atomic E-state index is 5.90. The van der Waals surface area contributed by atoms with Crippen molar-refractivity contribution in [1.82, 2.24) is 15.6 Å². The standard InChI is InChI=1S/C17H21BrN4O/c1-13(23-16-9-4-3-8-15(16)18)11-21-17(19-2)22-12-14-7-5-6-10-20-14/h3-10,13H,11-12H2,1-2H3,(H2,19,21,22). The van der Waals surface area contributed by atoms with Gasteiger partial charge in [0.25, 0.3) is 0 Å². The highest BCUT2D eigenvalue weighted by atomic mass is 79.9. The van der Waals surface area contributed by atoms with Gasteiger partial charge in [-0.25, -0.2) is 0 Å². The fourth-order valence-electron chi connectivity index (χ4n) is 1.94. The minimum atomic E-state index is 0.00194. The lowest BCUT2D eigenvalue weighted by Gasteiger charge is -2.18. The normalized spacial score (nSPS) is 12.6. The molecule has 1 aromatic heterocycles. The van der Waals surface area contributed by atoms with Crippen molar-refractivity contribution in [3.63, 3.8) is 0 Å². The topological polar surface area (TPSA) is 58.5 Å². The van der Waals surface area contributed by atoms with Crippen LogP contribution >= 0.6 is 15.9 Å². The van der Waals surface area contributed by atoms with Crippen molar-refractivity contribution in [2.45, 2.75) is 19.6 Å². The van der Waals surface area contributed by atoms with Crippen LogP contribution < -0.4 is 15.4 Å². The Labute approximate surface area is 145 Å². The summed E-state index contributed by atoms with van der Waals surface area (Å²) in [5.41, 5.74) is 0.966. The quantitative estimate of drug-likeness (QED) is 0.600. The van der Waals surface area contributed by atoms with Crippen molar-refractivity contribution in [1.29, 1.82) is 0 Å². The van der Waals surface area contributed by atoms with Crippen LogP contribution in [0.15, 0.2) is 58.1 Å². The third kappa shape index (κ3) is 5.90. The first-order valence-electron chi connectivity index (χ1n) is 7.44. The summed E-state index contributed by atoms with van der Waals surface area (Å²) >= 11 is 3.48. The van der Waals surface area contributed by atoms with Crippen molar-refractivity contribution in [3.8, 4) is 5.75 Å². The molecule has 23 heavy (non-hydrogen) atoms. The molecule has 0 amide bonds. The highest BCUT2D eigenvalue weighted by Gasteiger charge is 2.08. The molecule has 0 aliphatic heterocycles. The molecule has 1 aromatic carbocycles. The first-order valence-corrected chi connectivity index (χ1v) is 8.24. The van der Waals surface area contributed by atoms with Gasteiger partial charge >= 0.3 is 0 Å². The van der Waals surface area contributed by atoms with E-state index in [1.54, 1.807) is 13.2 Å². The van der Waals surface area contributed by atoms with Crippen LogP contribution in [-0.2, 0) is 6.54 Å². The van der Waals surface area contributed by atoms with E-state index >= 15 is 0 Å². The molecule has 1 atom stereocenters. The lowest BCUT2D eigenvalue weighted by molar-refractivity contribution is 0.222. The maximum Gasteiger partial charge on any atom is 0.191 e. The van der Waals surface area contributed by atoms with E-state index < -0.39 is 0 Å². The van der Waals surface area contributed by atoms with Gasteiger partial charge in [-0.2, -0.15) is 0 Å². The SMILES string of the molecule is CN=C(NCc1ccccn1)NCC(C)Oc1ccccc1Br. The predicted octanol–water partition coefficient (Wildman–Crippen LogP) is 2.98. The summed E-state index contributed by atoms with van der Waals surface area (Å²) in [6, 6.07) is 13.7. The number of nitrogens with zero attached hydrogens (tertiary/aromatic N) is 2. The Morgan fingerprint density at radius 3 is 2.70 bits per heavy atom. The largest absolute Gasteiger partial charge is 0.488 e. The van der Waals surface area contributed by atoms with Crippen molar-refractivity contribution in [2.75, 3.05) is 13.6 Å². The first-order chi connectivity index (χ1) is 11.2. The third-order valence-electron chi connectivity index (χ3n) is 3.11. The Morgan fingerprint density at radius 1 is 1.22 bits per heavy atom. The van der Waals surface area contributed by atoms with Gasteiger partial charge in [-0.3, -0.25) is 9.98 Å². The summed E-state index contributed by atoms with van der Waals surface area (Å²) in [6.07, 6.45) is 1.78. The first kappa shape index (κ1) is 17.3. The van der Waals surface area contributed by atoms with Crippen LogP contribution in [0, 0.1) is 0 Å². The summed E-state index contributed by atoms with van der Waals surface area (Å²) in [5.74, 6) is 1.55. The molecule has 1 unspecified atom stereocenters. The third-order valence-corrected chi connectivity index (χ3v) is 3.76. The molecule has 2 aromatic rings. The molecule has 0 spiro atoms. The van der Waals surface area contributed by atoms with Gasteiger partial charge in [0.15, 0.2) is 5.96 Å². The molecule has 0 saturated heterocycles. The molecular weight excluding hydrogens is 356 g/mol. The van der Waals surface area contributed by atoms with E-state index in [0.717, 1.165) is 21.9 Å². The van der Waals surface area contributed by atoms with Crippen LogP contribution in [0.4, 0.5) is 0 Å². The zero-order valence-electron chi connectivity index (χ0n) is 13.3. The Kier molecular flexibility index (Phi) is 6.87. The van der Waals surface area contributed by atoms with Crippen LogP contribution in [0.1, 0.15) is 12.6 Å². The average molecular weight is 377 g/mol. The highest BCUT2D eigenvalue weighted by Crippen LogP contribution is 2.24. The van der Waals surface area contributed by atoms with Crippen LogP contribution in [0.5, 0.6) is 5.75 Å². The lowest BCUT2D eigenvalue weighted by atomic mass is 10.3. The Bertz CT molecular complexity index is 634. The molecule has 0 saturated carbocycles. The number of hydrogen-bond acceptors (Lipinski definition) is 3. The molecule has 0 fully saturated rings. The van der Waals surface area contributed by atoms with Gasteiger partial charge in [0.1, 0.15) is 11.9 Å². The molecule has 2 rings (SSSR count). The monoisotopic (exact) mass is 376 g/mol. The number of nitrogens with one attached hydrogen (secondary N) is 2. The molecule has 0 aliphatic carbocycles. The van der Waals surface area contributed by atoms with Crippen molar-refractivity contribution in [2.24, 2.45) is 4.99 Å². The molecule has 122 valence electrons. The van der Waals surface area contributed by atoms with E-state index in [1.165, 1.54) is 0 Å². The summed E-state index contributed by atoms with van der Waals surface area (Å²) in [5, 5.41) is 6.48. The molecule has 0 aliphatic rings. The van der Waals surface area contributed by atoms with E-state index in [-0.39, 0.29) is 6.10 Å². The van der Waals surface area contributed by atoms with E-state index in [2.05, 4.69) is 36.5 Å². The number of para-hydroxylation sites is 1. The zero-order valence-corrected chi connectivity index (χ0v) is 14.9. The minimum absolute atomic E-state index is 0.00194. The highest BCUT2D eigenvalue weighted by molar-refractivity contribution is 9.10. The van der Waals surface area contributed by atoms with E-state index in [4.69, 9.17) is 4.74 Å². The van der Waals surface area contributed by atoms with Gasteiger partial charge < -0.3 is 15.4 Å². The Balaban J connectivity index is 1.78. The van der Waals surface area contributed by atoms with Crippen LogP contribution in [0.3, 0.4) is 0 Å². The molecule has 2 N–H and O–H groups in total. The van der Waals surface area contributed by atoms with Gasteiger partial charge in [-0.1, -0.05) is 18.2 Å². The summed E-state index contributed by atoms with van der Waals surface area (Å²) in [4.78, 5) is 8.47. The van der Waals surface area contributed by atoms with Crippen molar-refractivity contribution >= 4 is 21.9 Å². The van der Waals surface area contributed by atoms with Crippen LogP contribution in [-0.4, -0.2) is 30.6 Å². The number of halogens is 1. The fourth-order valence-corrected chi connectivity index (χ4v) is 2.31. The maximum atomic E-state index is 5.90. The number of pyridine rings is 1. The number of rotatable bonds is 6. The van der Waals surface area contributed by atoms with Gasteiger partial charge in [0.2, 0.25) is 0 Å². The van der Waals surface area contributed by atoms with E-state index in [9.17, 15) is 0 Å². The van der Waals surface area contributed by atoms with Crippen molar-refractivity contribution < 1.29 is 4.74 Å². The van der Waals surface area contributed by atoms with Gasteiger partial charge in [-0.15, -0.1) is 0 Å². The number of aromatic nitrogens is 1. The molecule has 6 heteroatoms. The van der Waals surface area contributed by atoms with E-state index in [1.807, 2.05) is 49.4 Å². The number of guanidine groups is 1. The number of benzene rings is 1. The van der Waals surface area contributed by atoms with Crippen LogP contribution in [0.25, 0.3) is 0 Å². The van der Waals surface area contributed by atoms with Gasteiger partial charge in [-0.05, 0) is 47.1 Å². The number of ether oxygens (including phenoxy) is 1. The second-order valence-electron chi connectivity index (χ2n) is 4.99. The molecule has 0 radical (unpaired) electrons. The summed E-state index contributed by atoms with van der Waals surface area (Å²) in [6.45, 7) is 3.28.